The van der Waals surface area contributed by atoms with Crippen LogP contribution in [0.1, 0.15) is 22.0 Å². The Morgan fingerprint density at radius 2 is 1.61 bits per heavy atom. The van der Waals surface area contributed by atoms with Gasteiger partial charge >= 0.3 is 0 Å². The maximum absolute atomic E-state index is 13.7. The van der Waals surface area contributed by atoms with Crippen molar-refractivity contribution in [1.29, 1.82) is 0 Å². The highest BCUT2D eigenvalue weighted by Crippen LogP contribution is 2.44. The molecule has 8 nitrogen and oxygen atoms in total. The quantitative estimate of drug-likeness (QED) is 0.217. The molecule has 0 aliphatic carbocycles. The molecule has 0 N–H and O–H groups in total. The number of Topliss-reactive ketones (excluding diaryl/α,β-unsaturated/α-hetero) is 2. The predicted octanol–water partition coefficient (Wildman–Crippen LogP) is 4.51. The first-order valence-corrected chi connectivity index (χ1v) is 11.2. The lowest BCUT2D eigenvalue weighted by Gasteiger charge is -2.28. The SMILES string of the molecule is COc1ccc(C(=O)C2C(=O)C(=O)N(c3ccc(-c4ccon4)cc3)C2c2ccccc2OC)cc1. The average molecular weight is 482 g/mol. The fourth-order valence-corrected chi connectivity index (χ4v) is 4.53. The van der Waals surface area contributed by atoms with Crippen molar-refractivity contribution in [2.24, 2.45) is 5.92 Å². The molecule has 1 fully saturated rings. The first-order valence-electron chi connectivity index (χ1n) is 11.2. The third-order valence-electron chi connectivity index (χ3n) is 6.30. The summed E-state index contributed by atoms with van der Waals surface area (Å²) < 4.78 is 15.6. The van der Waals surface area contributed by atoms with Gasteiger partial charge in [-0.1, -0.05) is 35.5 Å². The van der Waals surface area contributed by atoms with Gasteiger partial charge in [-0.05, 0) is 42.5 Å². The summed E-state index contributed by atoms with van der Waals surface area (Å²) in [7, 11) is 3.04. The van der Waals surface area contributed by atoms with Crippen molar-refractivity contribution in [1.82, 2.24) is 5.16 Å². The van der Waals surface area contributed by atoms with Gasteiger partial charge in [0.25, 0.3) is 5.91 Å². The fraction of sp³-hybridized carbons (Fsp3) is 0.143. The summed E-state index contributed by atoms with van der Waals surface area (Å²) in [6, 6.07) is 21.4. The molecule has 1 aromatic heterocycles. The van der Waals surface area contributed by atoms with Crippen LogP contribution in [0.5, 0.6) is 11.5 Å². The van der Waals surface area contributed by atoms with Crippen LogP contribution in [-0.2, 0) is 9.59 Å². The number of rotatable bonds is 7. The van der Waals surface area contributed by atoms with Crippen molar-refractivity contribution in [3.8, 4) is 22.8 Å². The van der Waals surface area contributed by atoms with Crippen molar-refractivity contribution < 1.29 is 28.4 Å². The van der Waals surface area contributed by atoms with Crippen LogP contribution < -0.4 is 14.4 Å². The number of benzene rings is 3. The molecule has 3 aromatic carbocycles. The van der Waals surface area contributed by atoms with E-state index in [2.05, 4.69) is 5.16 Å². The van der Waals surface area contributed by atoms with Crippen molar-refractivity contribution >= 4 is 23.2 Å². The Balaban J connectivity index is 1.61. The molecule has 0 radical (unpaired) electrons. The monoisotopic (exact) mass is 482 g/mol. The molecule has 1 aliphatic rings. The topological polar surface area (TPSA) is 98.9 Å². The Kier molecular flexibility index (Phi) is 6.08. The summed E-state index contributed by atoms with van der Waals surface area (Å²) in [6.45, 7) is 0. The molecular weight excluding hydrogens is 460 g/mol. The number of hydrogen-bond donors (Lipinski definition) is 0. The normalized spacial score (nSPS) is 17.3. The van der Waals surface area contributed by atoms with E-state index in [0.29, 0.717) is 34.0 Å². The summed E-state index contributed by atoms with van der Waals surface area (Å²) in [4.78, 5) is 41.8. The van der Waals surface area contributed by atoms with Gasteiger partial charge in [0.1, 0.15) is 29.4 Å². The number of carbonyl (C=O) groups is 3. The van der Waals surface area contributed by atoms with Crippen LogP contribution in [0.15, 0.2) is 89.6 Å². The van der Waals surface area contributed by atoms with Crippen LogP contribution in [0.4, 0.5) is 5.69 Å². The lowest BCUT2D eigenvalue weighted by Crippen LogP contribution is -2.31. The average Bonchev–Trinajstić information content (AvgIpc) is 3.55. The zero-order valence-electron chi connectivity index (χ0n) is 19.6. The number of ether oxygens (including phenoxy) is 2. The van der Waals surface area contributed by atoms with Gasteiger partial charge < -0.3 is 14.0 Å². The zero-order chi connectivity index (χ0) is 25.2. The summed E-state index contributed by atoms with van der Waals surface area (Å²) in [5.74, 6) is -2.18. The smallest absolute Gasteiger partial charge is 0.295 e. The second-order valence-electron chi connectivity index (χ2n) is 8.23. The van der Waals surface area contributed by atoms with E-state index < -0.39 is 29.4 Å². The van der Waals surface area contributed by atoms with E-state index in [4.69, 9.17) is 14.0 Å². The van der Waals surface area contributed by atoms with Gasteiger partial charge in [0.05, 0.1) is 20.3 Å². The molecule has 2 unspecified atom stereocenters. The number of methoxy groups -OCH3 is 2. The predicted molar refractivity (Wildman–Crippen MR) is 131 cm³/mol. The van der Waals surface area contributed by atoms with Crippen molar-refractivity contribution in [3.05, 3.63) is 96.3 Å². The molecule has 180 valence electrons. The van der Waals surface area contributed by atoms with Crippen molar-refractivity contribution in [2.45, 2.75) is 6.04 Å². The van der Waals surface area contributed by atoms with Gasteiger partial charge in [0, 0.05) is 28.4 Å². The highest BCUT2D eigenvalue weighted by molar-refractivity contribution is 6.49. The Bertz CT molecular complexity index is 1410. The van der Waals surface area contributed by atoms with E-state index in [-0.39, 0.29) is 0 Å². The van der Waals surface area contributed by atoms with E-state index in [1.165, 1.54) is 25.4 Å². The van der Waals surface area contributed by atoms with Gasteiger partial charge in [0.2, 0.25) is 5.78 Å². The molecule has 1 amide bonds. The first-order chi connectivity index (χ1) is 17.5. The van der Waals surface area contributed by atoms with E-state index >= 15 is 0 Å². The largest absolute Gasteiger partial charge is 0.497 e. The van der Waals surface area contributed by atoms with Crippen LogP contribution in [-0.4, -0.2) is 36.8 Å². The minimum Gasteiger partial charge on any atom is -0.497 e. The second kappa shape index (κ2) is 9.50. The minimum atomic E-state index is -1.25. The number of carbonyl (C=O) groups excluding carboxylic acids is 3. The molecule has 2 atom stereocenters. The minimum absolute atomic E-state index is 0.310. The molecule has 2 heterocycles. The molecule has 0 saturated carbocycles. The Labute approximate surface area is 207 Å². The number of nitrogens with zero attached hydrogens (tertiary/aromatic N) is 2. The third kappa shape index (κ3) is 3.92. The van der Waals surface area contributed by atoms with E-state index in [9.17, 15) is 14.4 Å². The highest BCUT2D eigenvalue weighted by atomic mass is 16.5. The maximum atomic E-state index is 13.7. The fourth-order valence-electron chi connectivity index (χ4n) is 4.53. The summed E-state index contributed by atoms with van der Waals surface area (Å²) >= 11 is 0. The molecule has 5 rings (SSSR count). The number of amides is 1. The summed E-state index contributed by atoms with van der Waals surface area (Å²) in [6.07, 6.45) is 1.47. The van der Waals surface area contributed by atoms with Gasteiger partial charge in [-0.25, -0.2) is 0 Å². The number of aromatic nitrogens is 1. The lowest BCUT2D eigenvalue weighted by atomic mass is 9.86. The van der Waals surface area contributed by atoms with Crippen LogP contribution in [0, 0.1) is 5.92 Å². The number of ketones is 2. The molecule has 1 aliphatic heterocycles. The number of para-hydroxylation sites is 1. The van der Waals surface area contributed by atoms with Crippen molar-refractivity contribution in [2.75, 3.05) is 19.1 Å². The maximum Gasteiger partial charge on any atom is 0.295 e. The van der Waals surface area contributed by atoms with E-state index in [1.54, 1.807) is 78.9 Å². The zero-order valence-corrected chi connectivity index (χ0v) is 19.6. The van der Waals surface area contributed by atoms with E-state index in [0.717, 1.165) is 5.56 Å². The standard InChI is InChI=1S/C28H22N2O6/c1-34-20-13-9-18(10-14-20)26(31)24-25(21-5-3-4-6-23(21)35-2)30(28(33)27(24)32)19-11-7-17(8-12-19)22-15-16-36-29-22/h3-16,24-25H,1-2H3. The molecule has 8 heteroatoms. The molecule has 4 aromatic rings. The van der Waals surface area contributed by atoms with E-state index in [1.807, 2.05) is 0 Å². The van der Waals surface area contributed by atoms with Gasteiger partial charge in [-0.15, -0.1) is 0 Å². The first kappa shape index (κ1) is 23.0. The Morgan fingerprint density at radius 1 is 0.889 bits per heavy atom. The van der Waals surface area contributed by atoms with Gasteiger partial charge in [-0.3, -0.25) is 19.3 Å². The van der Waals surface area contributed by atoms with Crippen LogP contribution in [0.2, 0.25) is 0 Å². The number of hydrogen-bond acceptors (Lipinski definition) is 7. The Hall–Kier alpha value is -4.72. The highest BCUT2D eigenvalue weighted by Gasteiger charge is 2.53. The second-order valence-corrected chi connectivity index (χ2v) is 8.23. The van der Waals surface area contributed by atoms with Gasteiger partial charge in [0.15, 0.2) is 5.78 Å². The van der Waals surface area contributed by atoms with Gasteiger partial charge in [-0.2, -0.15) is 0 Å². The van der Waals surface area contributed by atoms with Crippen LogP contribution in [0.3, 0.4) is 0 Å². The molecule has 1 saturated heterocycles. The molecule has 0 spiro atoms. The molecule has 36 heavy (non-hydrogen) atoms. The third-order valence-corrected chi connectivity index (χ3v) is 6.30. The molecular formula is C28H22N2O6. The Morgan fingerprint density at radius 3 is 2.25 bits per heavy atom. The number of anilines is 1. The molecule has 0 bridgehead atoms. The van der Waals surface area contributed by atoms with Crippen LogP contribution in [0.25, 0.3) is 11.3 Å². The summed E-state index contributed by atoms with van der Waals surface area (Å²) in [5, 5.41) is 3.93. The lowest BCUT2D eigenvalue weighted by molar-refractivity contribution is -0.135. The van der Waals surface area contributed by atoms with Crippen molar-refractivity contribution in [3.63, 3.8) is 0 Å². The van der Waals surface area contributed by atoms with Crippen LogP contribution >= 0.6 is 0 Å². The summed E-state index contributed by atoms with van der Waals surface area (Å²) in [5.41, 5.74) is 2.77.